The predicted octanol–water partition coefficient (Wildman–Crippen LogP) is 0.147. The SMILES string of the molecule is CC(=O)NCCNC(=O)c1ccc(C)cc1NN. The Kier molecular flexibility index (Phi) is 5.13. The van der Waals surface area contributed by atoms with Crippen LogP contribution in [0.1, 0.15) is 22.8 Å². The van der Waals surface area contributed by atoms with Crippen molar-refractivity contribution in [3.05, 3.63) is 29.3 Å². The van der Waals surface area contributed by atoms with Crippen molar-refractivity contribution in [3.8, 4) is 0 Å². The number of hydrazine groups is 1. The van der Waals surface area contributed by atoms with Gasteiger partial charge in [-0.2, -0.15) is 0 Å². The van der Waals surface area contributed by atoms with E-state index < -0.39 is 0 Å². The molecule has 0 radical (unpaired) electrons. The molecule has 0 aliphatic rings. The van der Waals surface area contributed by atoms with Gasteiger partial charge in [0, 0.05) is 20.0 Å². The summed E-state index contributed by atoms with van der Waals surface area (Å²) in [5.41, 5.74) is 4.56. The van der Waals surface area contributed by atoms with Crippen LogP contribution >= 0.6 is 0 Å². The first-order valence-corrected chi connectivity index (χ1v) is 5.64. The fourth-order valence-electron chi connectivity index (χ4n) is 1.49. The van der Waals surface area contributed by atoms with Crippen molar-refractivity contribution in [2.75, 3.05) is 18.5 Å². The standard InChI is InChI=1S/C12H18N4O2/c1-8-3-4-10(11(7-8)16-13)12(18)15-6-5-14-9(2)17/h3-4,7,16H,5-6,13H2,1-2H3,(H,14,17)(H,15,18). The Morgan fingerprint density at radius 2 is 1.89 bits per heavy atom. The van der Waals surface area contributed by atoms with Crippen molar-refractivity contribution in [1.82, 2.24) is 10.6 Å². The molecule has 6 nitrogen and oxygen atoms in total. The molecule has 0 bridgehead atoms. The third kappa shape index (κ3) is 4.06. The summed E-state index contributed by atoms with van der Waals surface area (Å²) < 4.78 is 0. The van der Waals surface area contributed by atoms with Crippen molar-refractivity contribution >= 4 is 17.5 Å². The molecular formula is C12H18N4O2. The Morgan fingerprint density at radius 3 is 2.50 bits per heavy atom. The van der Waals surface area contributed by atoms with E-state index in [1.165, 1.54) is 6.92 Å². The summed E-state index contributed by atoms with van der Waals surface area (Å²) in [5.74, 6) is 5.02. The van der Waals surface area contributed by atoms with Gasteiger partial charge in [0.15, 0.2) is 0 Å². The number of nitrogen functional groups attached to an aromatic ring is 1. The molecule has 0 aliphatic heterocycles. The lowest BCUT2D eigenvalue weighted by Crippen LogP contribution is -2.34. The monoisotopic (exact) mass is 250 g/mol. The summed E-state index contributed by atoms with van der Waals surface area (Å²) in [6, 6.07) is 5.34. The first kappa shape index (κ1) is 14.0. The Balaban J connectivity index is 2.58. The van der Waals surface area contributed by atoms with Gasteiger partial charge in [-0.1, -0.05) is 6.07 Å². The first-order valence-electron chi connectivity index (χ1n) is 5.64. The number of amides is 2. The number of aryl methyl sites for hydroxylation is 1. The molecule has 2 amide bonds. The van der Waals surface area contributed by atoms with E-state index >= 15 is 0 Å². The van der Waals surface area contributed by atoms with E-state index in [4.69, 9.17) is 5.84 Å². The van der Waals surface area contributed by atoms with Gasteiger partial charge in [-0.25, -0.2) is 0 Å². The minimum absolute atomic E-state index is 0.121. The van der Waals surface area contributed by atoms with Crippen LogP contribution in [-0.2, 0) is 4.79 Å². The van der Waals surface area contributed by atoms with Crippen LogP contribution in [0, 0.1) is 6.92 Å². The van der Waals surface area contributed by atoms with E-state index in [9.17, 15) is 9.59 Å². The molecular weight excluding hydrogens is 232 g/mol. The van der Waals surface area contributed by atoms with E-state index in [2.05, 4.69) is 16.1 Å². The predicted molar refractivity (Wildman–Crippen MR) is 70.0 cm³/mol. The minimum atomic E-state index is -0.228. The lowest BCUT2D eigenvalue weighted by atomic mass is 10.1. The van der Waals surface area contributed by atoms with Crippen molar-refractivity contribution in [1.29, 1.82) is 0 Å². The molecule has 1 aromatic carbocycles. The highest BCUT2D eigenvalue weighted by Gasteiger charge is 2.10. The molecule has 1 rings (SSSR count). The van der Waals surface area contributed by atoms with Crippen LogP contribution in [0.5, 0.6) is 0 Å². The molecule has 1 aromatic rings. The molecule has 0 unspecified atom stereocenters. The second-order valence-electron chi connectivity index (χ2n) is 3.93. The summed E-state index contributed by atoms with van der Waals surface area (Å²) >= 11 is 0. The molecule has 18 heavy (non-hydrogen) atoms. The highest BCUT2D eigenvalue weighted by atomic mass is 16.2. The fourth-order valence-corrected chi connectivity index (χ4v) is 1.49. The Morgan fingerprint density at radius 1 is 1.22 bits per heavy atom. The molecule has 0 spiro atoms. The molecule has 0 saturated heterocycles. The van der Waals surface area contributed by atoms with Crippen molar-refractivity contribution < 1.29 is 9.59 Å². The van der Waals surface area contributed by atoms with Gasteiger partial charge in [-0.15, -0.1) is 0 Å². The molecule has 5 N–H and O–H groups in total. The van der Waals surface area contributed by atoms with E-state index in [0.29, 0.717) is 24.3 Å². The second kappa shape index (κ2) is 6.61. The maximum atomic E-state index is 11.9. The Hall–Kier alpha value is -2.08. The number of benzene rings is 1. The number of anilines is 1. The van der Waals surface area contributed by atoms with Crippen LogP contribution in [0.4, 0.5) is 5.69 Å². The summed E-state index contributed by atoms with van der Waals surface area (Å²) in [6.07, 6.45) is 0. The lowest BCUT2D eigenvalue weighted by Gasteiger charge is -2.10. The maximum Gasteiger partial charge on any atom is 0.253 e. The van der Waals surface area contributed by atoms with E-state index in [1.54, 1.807) is 12.1 Å². The lowest BCUT2D eigenvalue weighted by molar-refractivity contribution is -0.118. The van der Waals surface area contributed by atoms with Crippen LogP contribution in [0.2, 0.25) is 0 Å². The van der Waals surface area contributed by atoms with Gasteiger partial charge in [0.1, 0.15) is 0 Å². The van der Waals surface area contributed by atoms with Gasteiger partial charge in [0.2, 0.25) is 5.91 Å². The highest BCUT2D eigenvalue weighted by molar-refractivity contribution is 5.99. The normalized spacial score (nSPS) is 9.72. The molecule has 98 valence electrons. The van der Waals surface area contributed by atoms with E-state index in [-0.39, 0.29) is 11.8 Å². The maximum absolute atomic E-state index is 11.9. The number of carbonyl (C=O) groups excluding carboxylic acids is 2. The number of carbonyl (C=O) groups is 2. The van der Waals surface area contributed by atoms with Gasteiger partial charge in [0.05, 0.1) is 11.3 Å². The fraction of sp³-hybridized carbons (Fsp3) is 0.333. The quantitative estimate of drug-likeness (QED) is 0.340. The number of rotatable bonds is 5. The highest BCUT2D eigenvalue weighted by Crippen LogP contribution is 2.16. The van der Waals surface area contributed by atoms with Gasteiger partial charge in [0.25, 0.3) is 5.91 Å². The van der Waals surface area contributed by atoms with Gasteiger partial charge in [-0.3, -0.25) is 15.4 Å². The van der Waals surface area contributed by atoms with Gasteiger partial charge < -0.3 is 16.1 Å². The molecule has 0 heterocycles. The number of hydrogen-bond donors (Lipinski definition) is 4. The molecule has 6 heteroatoms. The average Bonchev–Trinajstić information content (AvgIpc) is 2.33. The molecule has 0 aromatic heterocycles. The third-order valence-corrected chi connectivity index (χ3v) is 2.36. The Bertz CT molecular complexity index is 446. The van der Waals surface area contributed by atoms with Crippen LogP contribution in [-0.4, -0.2) is 24.9 Å². The van der Waals surface area contributed by atoms with Crippen LogP contribution in [0.3, 0.4) is 0 Å². The second-order valence-corrected chi connectivity index (χ2v) is 3.93. The van der Waals surface area contributed by atoms with Gasteiger partial charge in [-0.05, 0) is 24.6 Å². The average molecular weight is 250 g/mol. The van der Waals surface area contributed by atoms with Gasteiger partial charge >= 0.3 is 0 Å². The summed E-state index contributed by atoms with van der Waals surface area (Å²) in [7, 11) is 0. The van der Waals surface area contributed by atoms with Crippen molar-refractivity contribution in [2.24, 2.45) is 5.84 Å². The van der Waals surface area contributed by atoms with Crippen LogP contribution in [0.25, 0.3) is 0 Å². The topological polar surface area (TPSA) is 96.2 Å². The summed E-state index contributed by atoms with van der Waals surface area (Å²) in [6.45, 7) is 4.12. The van der Waals surface area contributed by atoms with Crippen molar-refractivity contribution in [3.63, 3.8) is 0 Å². The summed E-state index contributed by atoms with van der Waals surface area (Å²) in [4.78, 5) is 22.5. The molecule has 0 aliphatic carbocycles. The van der Waals surface area contributed by atoms with E-state index in [0.717, 1.165) is 5.56 Å². The number of hydrogen-bond acceptors (Lipinski definition) is 4. The third-order valence-electron chi connectivity index (χ3n) is 2.36. The molecule has 0 atom stereocenters. The van der Waals surface area contributed by atoms with E-state index in [1.807, 2.05) is 13.0 Å². The zero-order valence-corrected chi connectivity index (χ0v) is 10.5. The number of nitrogens with two attached hydrogens (primary N) is 1. The number of nitrogens with one attached hydrogen (secondary N) is 3. The zero-order valence-electron chi connectivity index (χ0n) is 10.5. The minimum Gasteiger partial charge on any atom is -0.355 e. The molecule has 0 fully saturated rings. The largest absolute Gasteiger partial charge is 0.355 e. The van der Waals surface area contributed by atoms with Crippen LogP contribution < -0.4 is 21.9 Å². The zero-order chi connectivity index (χ0) is 13.5. The molecule has 0 saturated carbocycles. The first-order chi connectivity index (χ1) is 8.54. The van der Waals surface area contributed by atoms with Crippen LogP contribution in [0.15, 0.2) is 18.2 Å². The smallest absolute Gasteiger partial charge is 0.253 e. The van der Waals surface area contributed by atoms with Crippen molar-refractivity contribution in [2.45, 2.75) is 13.8 Å². The summed E-state index contributed by atoms with van der Waals surface area (Å²) in [5, 5.41) is 5.30. The Labute approximate surface area is 106 Å².